The van der Waals surface area contributed by atoms with Crippen molar-refractivity contribution in [3.05, 3.63) is 33.6 Å². The van der Waals surface area contributed by atoms with Gasteiger partial charge in [0.2, 0.25) is 11.1 Å². The van der Waals surface area contributed by atoms with E-state index < -0.39 is 4.92 Å². The summed E-state index contributed by atoms with van der Waals surface area (Å²) in [6, 6.07) is 2.81. The number of anilines is 1. The third kappa shape index (κ3) is 4.69. The summed E-state index contributed by atoms with van der Waals surface area (Å²) < 4.78 is 5.02. The quantitative estimate of drug-likeness (QED) is 0.439. The van der Waals surface area contributed by atoms with E-state index in [0.29, 0.717) is 16.4 Å². The second-order valence-corrected chi connectivity index (χ2v) is 6.53. The molecule has 2 rings (SSSR count). The second kappa shape index (κ2) is 7.97. The maximum atomic E-state index is 12.1. The summed E-state index contributed by atoms with van der Waals surface area (Å²) in [4.78, 5) is 26.9. The number of methoxy groups -OCH3 is 1. The lowest BCUT2D eigenvalue weighted by molar-refractivity contribution is -0.385. The van der Waals surface area contributed by atoms with Gasteiger partial charge in [-0.3, -0.25) is 20.0 Å². The molecular weight excluding hydrogens is 346 g/mol. The first kappa shape index (κ1) is 18.7. The highest BCUT2D eigenvalue weighted by Gasteiger charge is 2.18. The molecule has 10 heteroatoms. The zero-order chi connectivity index (χ0) is 18.6. The molecule has 9 nitrogen and oxygen atoms in total. The molecule has 25 heavy (non-hydrogen) atoms. The van der Waals surface area contributed by atoms with Crippen LogP contribution in [0.5, 0.6) is 5.75 Å². The molecular formula is C15H19N5O4S. The van der Waals surface area contributed by atoms with Gasteiger partial charge in [0, 0.05) is 23.7 Å². The topological polar surface area (TPSA) is 123 Å². The fourth-order valence-corrected chi connectivity index (χ4v) is 2.62. The van der Waals surface area contributed by atoms with E-state index in [1.807, 2.05) is 13.8 Å². The number of aromatic nitrogens is 3. The van der Waals surface area contributed by atoms with Crippen LogP contribution in [-0.2, 0) is 4.79 Å². The molecule has 2 aromatic rings. The van der Waals surface area contributed by atoms with Crippen molar-refractivity contribution in [2.24, 2.45) is 0 Å². The molecule has 0 radical (unpaired) electrons. The average molecular weight is 365 g/mol. The molecule has 0 aliphatic rings. The molecule has 1 amide bonds. The van der Waals surface area contributed by atoms with Crippen LogP contribution in [0.25, 0.3) is 0 Å². The fraction of sp³-hybridized carbons (Fsp3) is 0.400. The number of aryl methyl sites for hydroxylation is 1. The number of hydrogen-bond donors (Lipinski definition) is 2. The van der Waals surface area contributed by atoms with Gasteiger partial charge in [-0.2, -0.15) is 0 Å². The van der Waals surface area contributed by atoms with Crippen LogP contribution in [0.3, 0.4) is 0 Å². The molecule has 0 unspecified atom stereocenters. The number of aromatic amines is 1. The van der Waals surface area contributed by atoms with E-state index in [9.17, 15) is 14.9 Å². The lowest BCUT2D eigenvalue weighted by Gasteiger charge is -2.10. The number of H-pyrrole nitrogens is 1. The Morgan fingerprint density at radius 3 is 2.76 bits per heavy atom. The van der Waals surface area contributed by atoms with Crippen LogP contribution in [0, 0.1) is 17.0 Å². The van der Waals surface area contributed by atoms with Gasteiger partial charge in [0.15, 0.2) is 5.75 Å². The van der Waals surface area contributed by atoms with Gasteiger partial charge in [0.1, 0.15) is 5.82 Å². The summed E-state index contributed by atoms with van der Waals surface area (Å²) in [7, 11) is 1.34. The molecule has 1 aromatic heterocycles. The summed E-state index contributed by atoms with van der Waals surface area (Å²) in [6.07, 6.45) is 0. The standard InChI is InChI=1S/C15H19N5O4S/c1-8(2)14-17-15(19-18-14)25-7-13(21)16-10-6-12(24-4)11(20(22)23)5-9(10)3/h5-6,8H,7H2,1-4H3,(H,16,21)(H,17,18,19). The van der Waals surface area contributed by atoms with Crippen molar-refractivity contribution >= 4 is 29.0 Å². The summed E-state index contributed by atoms with van der Waals surface area (Å²) in [6.45, 7) is 5.66. The zero-order valence-corrected chi connectivity index (χ0v) is 15.1. The van der Waals surface area contributed by atoms with E-state index in [1.165, 1.54) is 31.0 Å². The number of ether oxygens (including phenoxy) is 1. The average Bonchev–Trinajstić information content (AvgIpc) is 3.03. The third-order valence-corrected chi connectivity index (χ3v) is 4.21. The minimum Gasteiger partial charge on any atom is -0.490 e. The highest BCUT2D eigenvalue weighted by molar-refractivity contribution is 7.99. The number of carbonyl (C=O) groups is 1. The maximum Gasteiger partial charge on any atom is 0.311 e. The summed E-state index contributed by atoms with van der Waals surface area (Å²) in [5.74, 6) is 0.937. The lowest BCUT2D eigenvalue weighted by atomic mass is 10.1. The number of thioether (sulfide) groups is 1. The first-order valence-corrected chi connectivity index (χ1v) is 8.48. The van der Waals surface area contributed by atoms with Crippen molar-refractivity contribution < 1.29 is 14.5 Å². The van der Waals surface area contributed by atoms with E-state index in [2.05, 4.69) is 20.5 Å². The molecule has 1 heterocycles. The van der Waals surface area contributed by atoms with Gasteiger partial charge in [-0.15, -0.1) is 5.10 Å². The van der Waals surface area contributed by atoms with E-state index in [1.54, 1.807) is 6.92 Å². The van der Waals surface area contributed by atoms with E-state index in [4.69, 9.17) is 4.74 Å². The zero-order valence-electron chi connectivity index (χ0n) is 14.3. The first-order valence-electron chi connectivity index (χ1n) is 7.49. The molecule has 0 fully saturated rings. The van der Waals surface area contributed by atoms with Crippen LogP contribution < -0.4 is 10.1 Å². The number of benzene rings is 1. The molecule has 0 spiro atoms. The Morgan fingerprint density at radius 1 is 1.48 bits per heavy atom. The van der Waals surface area contributed by atoms with Gasteiger partial charge in [0.25, 0.3) is 0 Å². The number of rotatable bonds is 7. The number of nitro benzene ring substituents is 1. The third-order valence-electron chi connectivity index (χ3n) is 3.36. The molecule has 0 atom stereocenters. The Bertz CT molecular complexity index is 790. The van der Waals surface area contributed by atoms with E-state index in [0.717, 1.165) is 5.82 Å². The van der Waals surface area contributed by atoms with Gasteiger partial charge in [0.05, 0.1) is 17.8 Å². The van der Waals surface area contributed by atoms with Crippen LogP contribution in [-0.4, -0.2) is 38.9 Å². The Morgan fingerprint density at radius 2 is 2.20 bits per heavy atom. The Labute approximate surface area is 148 Å². The summed E-state index contributed by atoms with van der Waals surface area (Å²) in [5, 5.41) is 21.1. The largest absolute Gasteiger partial charge is 0.490 e. The van der Waals surface area contributed by atoms with Crippen LogP contribution in [0.1, 0.15) is 31.2 Å². The lowest BCUT2D eigenvalue weighted by Crippen LogP contribution is -2.15. The minimum atomic E-state index is -0.525. The molecule has 0 aliphatic heterocycles. The number of nitrogens with one attached hydrogen (secondary N) is 2. The first-order chi connectivity index (χ1) is 11.8. The van der Waals surface area contributed by atoms with Gasteiger partial charge >= 0.3 is 5.69 Å². The highest BCUT2D eigenvalue weighted by Crippen LogP contribution is 2.32. The molecule has 0 saturated carbocycles. The van der Waals surface area contributed by atoms with Crippen LogP contribution in [0.15, 0.2) is 17.3 Å². The van der Waals surface area contributed by atoms with Crippen molar-refractivity contribution in [2.75, 3.05) is 18.2 Å². The molecule has 0 saturated heterocycles. The monoisotopic (exact) mass is 365 g/mol. The van der Waals surface area contributed by atoms with Gasteiger partial charge in [-0.25, -0.2) is 4.98 Å². The van der Waals surface area contributed by atoms with Crippen LogP contribution >= 0.6 is 11.8 Å². The van der Waals surface area contributed by atoms with Crippen LogP contribution in [0.2, 0.25) is 0 Å². The van der Waals surface area contributed by atoms with E-state index >= 15 is 0 Å². The number of nitrogens with zero attached hydrogens (tertiary/aromatic N) is 3. The van der Waals surface area contributed by atoms with Gasteiger partial charge in [-0.05, 0) is 12.5 Å². The fourth-order valence-electron chi connectivity index (χ4n) is 2.01. The predicted molar refractivity (Wildman–Crippen MR) is 94.2 cm³/mol. The predicted octanol–water partition coefficient (Wildman–Crippen LogP) is 2.88. The number of carbonyl (C=O) groups excluding carboxylic acids is 1. The molecule has 2 N–H and O–H groups in total. The maximum absolute atomic E-state index is 12.1. The Hall–Kier alpha value is -2.62. The van der Waals surface area contributed by atoms with Crippen molar-refractivity contribution in [3.8, 4) is 5.75 Å². The number of nitro groups is 1. The normalized spacial score (nSPS) is 10.8. The highest BCUT2D eigenvalue weighted by atomic mass is 32.2. The molecule has 0 bridgehead atoms. The molecule has 0 aliphatic carbocycles. The van der Waals surface area contributed by atoms with Crippen molar-refractivity contribution in [1.29, 1.82) is 0 Å². The van der Waals surface area contributed by atoms with Gasteiger partial charge < -0.3 is 10.1 Å². The number of hydrogen-bond acceptors (Lipinski definition) is 7. The summed E-state index contributed by atoms with van der Waals surface area (Å²) in [5.41, 5.74) is 0.894. The van der Waals surface area contributed by atoms with Crippen molar-refractivity contribution in [3.63, 3.8) is 0 Å². The molecule has 1 aromatic carbocycles. The summed E-state index contributed by atoms with van der Waals surface area (Å²) >= 11 is 1.20. The smallest absolute Gasteiger partial charge is 0.311 e. The Kier molecular flexibility index (Phi) is 5.97. The Balaban J connectivity index is 2.03. The number of amides is 1. The SMILES string of the molecule is COc1cc(NC(=O)CSc2n[nH]c(C(C)C)n2)c(C)cc1[N+](=O)[O-]. The second-order valence-electron chi connectivity index (χ2n) is 5.59. The molecule has 134 valence electrons. The van der Waals surface area contributed by atoms with Crippen molar-refractivity contribution in [1.82, 2.24) is 15.2 Å². The van der Waals surface area contributed by atoms with Crippen LogP contribution in [0.4, 0.5) is 11.4 Å². The van der Waals surface area contributed by atoms with Crippen molar-refractivity contribution in [2.45, 2.75) is 31.8 Å². The van der Waals surface area contributed by atoms with Gasteiger partial charge in [-0.1, -0.05) is 25.6 Å². The minimum absolute atomic E-state index is 0.0918. The van der Waals surface area contributed by atoms with E-state index in [-0.39, 0.29) is 29.0 Å².